The highest BCUT2D eigenvalue weighted by Gasteiger charge is 2.43. The van der Waals surface area contributed by atoms with Gasteiger partial charge >= 0.3 is 0 Å². The Morgan fingerprint density at radius 2 is 2.12 bits per heavy atom. The molecule has 0 aliphatic carbocycles. The van der Waals surface area contributed by atoms with Gasteiger partial charge in [-0.15, -0.1) is 0 Å². The smallest absolute Gasteiger partial charge is 0.225 e. The van der Waals surface area contributed by atoms with Crippen molar-refractivity contribution in [1.29, 1.82) is 0 Å². The summed E-state index contributed by atoms with van der Waals surface area (Å²) < 4.78 is 5.06. The number of benzene rings is 1. The van der Waals surface area contributed by atoms with Gasteiger partial charge in [0.2, 0.25) is 5.91 Å². The van der Waals surface area contributed by atoms with Crippen LogP contribution in [0.5, 0.6) is 0 Å². The number of ether oxygens (including phenoxy) is 1. The summed E-state index contributed by atoms with van der Waals surface area (Å²) in [6.07, 6.45) is 5.24. The molecule has 5 nitrogen and oxygen atoms in total. The molecule has 5 heteroatoms. The van der Waals surface area contributed by atoms with Gasteiger partial charge in [-0.05, 0) is 12.8 Å². The Hall–Kier alpha value is -2.27. The van der Waals surface area contributed by atoms with Crippen LogP contribution in [0.1, 0.15) is 36.6 Å². The highest BCUT2D eigenvalue weighted by atomic mass is 16.5. The van der Waals surface area contributed by atoms with Crippen LogP contribution in [0.3, 0.4) is 0 Å². The van der Waals surface area contributed by atoms with E-state index in [-0.39, 0.29) is 18.0 Å². The van der Waals surface area contributed by atoms with Crippen LogP contribution in [0, 0.1) is 0 Å². The second-order valence-electron chi connectivity index (χ2n) is 6.46. The summed E-state index contributed by atoms with van der Waals surface area (Å²) >= 11 is 0. The number of rotatable bonds is 4. The maximum atomic E-state index is 12.5. The molecule has 2 aromatic rings. The molecule has 2 bridgehead atoms. The van der Waals surface area contributed by atoms with Gasteiger partial charge in [-0.25, -0.2) is 9.97 Å². The molecule has 1 aromatic carbocycles. The summed E-state index contributed by atoms with van der Waals surface area (Å²) in [6.45, 7) is 0.477. The van der Waals surface area contributed by atoms with Crippen molar-refractivity contribution in [2.75, 3.05) is 13.7 Å². The third kappa shape index (κ3) is 2.59. The van der Waals surface area contributed by atoms with Crippen molar-refractivity contribution in [1.82, 2.24) is 14.9 Å². The molecule has 0 spiro atoms. The number of hydrogen-bond donors (Lipinski definition) is 0. The van der Waals surface area contributed by atoms with Gasteiger partial charge in [0.1, 0.15) is 0 Å². The molecule has 124 valence electrons. The molecule has 2 aliphatic rings. The molecule has 0 radical (unpaired) electrons. The van der Waals surface area contributed by atoms with Gasteiger partial charge in [-0.3, -0.25) is 4.79 Å². The summed E-state index contributed by atoms with van der Waals surface area (Å²) in [4.78, 5) is 23.9. The van der Waals surface area contributed by atoms with Crippen LogP contribution in [0.15, 0.2) is 36.5 Å². The molecule has 0 saturated carbocycles. The molecule has 2 aliphatic heterocycles. The van der Waals surface area contributed by atoms with Crippen molar-refractivity contribution in [3.8, 4) is 11.4 Å². The highest BCUT2D eigenvalue weighted by molar-refractivity contribution is 5.78. The summed E-state index contributed by atoms with van der Waals surface area (Å²) in [5, 5.41) is 0. The molecular formula is C19H21N3O2. The lowest BCUT2D eigenvalue weighted by atomic mass is 9.98. The predicted molar refractivity (Wildman–Crippen MR) is 90.3 cm³/mol. The predicted octanol–water partition coefficient (Wildman–Crippen LogP) is 2.77. The molecule has 1 aromatic heterocycles. The number of nitrogens with zero attached hydrogens (tertiary/aromatic N) is 3. The first-order valence-corrected chi connectivity index (χ1v) is 8.49. The SMILES string of the molecule is COCCC(=O)N1C2CCC1c1cnc(-c3ccccc3)nc1C2. The average molecular weight is 323 g/mol. The van der Waals surface area contributed by atoms with E-state index in [2.05, 4.69) is 4.98 Å². The molecule has 4 rings (SSSR count). The van der Waals surface area contributed by atoms with E-state index >= 15 is 0 Å². The fourth-order valence-corrected chi connectivity index (χ4v) is 3.90. The molecule has 2 atom stereocenters. The van der Waals surface area contributed by atoms with E-state index in [0.29, 0.717) is 13.0 Å². The lowest BCUT2D eigenvalue weighted by Crippen LogP contribution is -2.42. The number of amides is 1. The second kappa shape index (κ2) is 6.32. The number of aromatic nitrogens is 2. The van der Waals surface area contributed by atoms with E-state index in [1.54, 1.807) is 7.11 Å². The molecule has 2 unspecified atom stereocenters. The average Bonchev–Trinajstić information content (AvgIpc) is 2.95. The minimum Gasteiger partial charge on any atom is -0.384 e. The Bertz CT molecular complexity index is 748. The number of methoxy groups -OCH3 is 1. The van der Waals surface area contributed by atoms with E-state index in [9.17, 15) is 4.79 Å². The first-order chi connectivity index (χ1) is 11.8. The van der Waals surface area contributed by atoms with E-state index in [0.717, 1.165) is 41.9 Å². The third-order valence-electron chi connectivity index (χ3n) is 5.03. The van der Waals surface area contributed by atoms with Crippen LogP contribution in [0.2, 0.25) is 0 Å². The quantitative estimate of drug-likeness (QED) is 0.868. The van der Waals surface area contributed by atoms with Crippen molar-refractivity contribution in [3.63, 3.8) is 0 Å². The first-order valence-electron chi connectivity index (χ1n) is 8.49. The zero-order chi connectivity index (χ0) is 16.5. The van der Waals surface area contributed by atoms with Gasteiger partial charge in [-0.2, -0.15) is 0 Å². The summed E-state index contributed by atoms with van der Waals surface area (Å²) in [7, 11) is 1.63. The van der Waals surface area contributed by atoms with E-state index < -0.39 is 0 Å². The van der Waals surface area contributed by atoms with Crippen molar-refractivity contribution < 1.29 is 9.53 Å². The maximum Gasteiger partial charge on any atom is 0.225 e. The lowest BCUT2D eigenvalue weighted by molar-refractivity contribution is -0.135. The standard InChI is InChI=1S/C19H21N3O2/c1-24-10-9-18(23)22-14-7-8-17(22)15-12-20-19(21-16(15)11-14)13-5-3-2-4-6-13/h2-6,12,14,17H,7-11H2,1H3. The second-order valence-corrected chi connectivity index (χ2v) is 6.46. The molecule has 1 amide bonds. The Morgan fingerprint density at radius 3 is 2.92 bits per heavy atom. The van der Waals surface area contributed by atoms with Crippen LogP contribution in [0.25, 0.3) is 11.4 Å². The summed E-state index contributed by atoms with van der Waals surface area (Å²) in [5.41, 5.74) is 3.26. The van der Waals surface area contributed by atoms with Crippen LogP contribution in [-0.4, -0.2) is 40.5 Å². The van der Waals surface area contributed by atoms with E-state index in [4.69, 9.17) is 9.72 Å². The van der Waals surface area contributed by atoms with Gasteiger partial charge in [-0.1, -0.05) is 30.3 Å². The number of carbonyl (C=O) groups excluding carboxylic acids is 1. The van der Waals surface area contributed by atoms with Gasteiger partial charge < -0.3 is 9.64 Å². The van der Waals surface area contributed by atoms with Crippen molar-refractivity contribution >= 4 is 5.91 Å². The lowest BCUT2D eigenvalue weighted by Gasteiger charge is -2.35. The van der Waals surface area contributed by atoms with E-state index in [1.165, 1.54) is 0 Å². The minimum atomic E-state index is 0.132. The van der Waals surface area contributed by atoms with E-state index in [1.807, 2.05) is 41.4 Å². The van der Waals surface area contributed by atoms with Gasteiger partial charge in [0, 0.05) is 36.9 Å². The molecule has 1 fully saturated rings. The van der Waals surface area contributed by atoms with Crippen molar-refractivity contribution in [3.05, 3.63) is 47.8 Å². The van der Waals surface area contributed by atoms with Crippen LogP contribution in [0.4, 0.5) is 0 Å². The Balaban J connectivity index is 1.63. The zero-order valence-electron chi connectivity index (χ0n) is 13.8. The maximum absolute atomic E-state index is 12.5. The molecule has 1 saturated heterocycles. The highest BCUT2D eigenvalue weighted by Crippen LogP contribution is 2.43. The third-order valence-corrected chi connectivity index (χ3v) is 5.03. The Kier molecular flexibility index (Phi) is 4.02. The minimum absolute atomic E-state index is 0.132. The molecule has 3 heterocycles. The van der Waals surface area contributed by atoms with Crippen molar-refractivity contribution in [2.24, 2.45) is 0 Å². The van der Waals surface area contributed by atoms with Crippen LogP contribution >= 0.6 is 0 Å². The largest absolute Gasteiger partial charge is 0.384 e. The Morgan fingerprint density at radius 1 is 1.29 bits per heavy atom. The fraction of sp³-hybridized carbons (Fsp3) is 0.421. The van der Waals surface area contributed by atoms with Crippen LogP contribution in [-0.2, 0) is 16.0 Å². The fourth-order valence-electron chi connectivity index (χ4n) is 3.90. The van der Waals surface area contributed by atoms with Crippen molar-refractivity contribution in [2.45, 2.75) is 37.8 Å². The van der Waals surface area contributed by atoms with Gasteiger partial charge in [0.25, 0.3) is 0 Å². The number of hydrogen-bond acceptors (Lipinski definition) is 4. The molecule has 24 heavy (non-hydrogen) atoms. The number of carbonyl (C=O) groups is 1. The van der Waals surface area contributed by atoms with Crippen LogP contribution < -0.4 is 0 Å². The normalized spacial score (nSPS) is 21.6. The van der Waals surface area contributed by atoms with Gasteiger partial charge in [0.15, 0.2) is 5.82 Å². The topological polar surface area (TPSA) is 55.3 Å². The number of fused-ring (bicyclic) bond motifs is 4. The Labute approximate surface area is 141 Å². The summed E-state index contributed by atoms with van der Waals surface area (Å²) in [6, 6.07) is 10.4. The monoisotopic (exact) mass is 323 g/mol. The molecule has 0 N–H and O–H groups in total. The van der Waals surface area contributed by atoms with Gasteiger partial charge in [0.05, 0.1) is 24.8 Å². The summed E-state index contributed by atoms with van der Waals surface area (Å²) in [5.74, 6) is 0.954. The zero-order valence-corrected chi connectivity index (χ0v) is 13.8. The molecular weight excluding hydrogens is 302 g/mol. The first kappa shape index (κ1) is 15.3.